The number of carbonyl (C=O) groups excluding carboxylic acids is 1. The molecule has 0 spiro atoms. The number of rotatable bonds is 1. The van der Waals surface area contributed by atoms with Crippen LogP contribution in [0.4, 0.5) is 0 Å². The first-order chi connectivity index (χ1) is 5.34. The molecule has 0 aromatic heterocycles. The number of ketones is 1. The Labute approximate surface area is 68.8 Å². The summed E-state index contributed by atoms with van der Waals surface area (Å²) in [6, 6.07) is 0. The van der Waals surface area contributed by atoms with Gasteiger partial charge in [-0.3, -0.25) is 4.79 Å². The number of allylic oxidation sites excluding steroid dienone is 4. The maximum atomic E-state index is 10.9. The van der Waals surface area contributed by atoms with Gasteiger partial charge in [-0.05, 0) is 12.5 Å². The third-order valence-corrected chi connectivity index (χ3v) is 1.52. The number of carbonyl (C=O) groups is 1. The monoisotopic (exact) mass is 152 g/mol. The summed E-state index contributed by atoms with van der Waals surface area (Å²) in [7, 11) is 0. The van der Waals surface area contributed by atoms with Gasteiger partial charge in [0.1, 0.15) is 0 Å². The summed E-state index contributed by atoms with van der Waals surface area (Å²) in [6.45, 7) is 6.02. The van der Waals surface area contributed by atoms with Gasteiger partial charge in [0.15, 0.2) is 5.78 Å². The van der Waals surface area contributed by atoms with Crippen LogP contribution in [0.5, 0.6) is 0 Å². The van der Waals surface area contributed by atoms with Gasteiger partial charge in [0.05, 0.1) is 0 Å². The molecule has 11 heavy (non-hydrogen) atoms. The standard InChI is InChI=1S/C8H10O.C2H6/c1-2-7-5-3-4-6-8(7)9;1-2/h3-7H,2H2,1H3;1-2H3. The van der Waals surface area contributed by atoms with Crippen LogP contribution in [0.2, 0.25) is 0 Å². The predicted molar refractivity (Wildman–Crippen MR) is 48.4 cm³/mol. The van der Waals surface area contributed by atoms with Crippen LogP contribution in [0.15, 0.2) is 24.3 Å². The molecule has 0 aromatic carbocycles. The lowest BCUT2D eigenvalue weighted by atomic mass is 9.97. The van der Waals surface area contributed by atoms with Crippen LogP contribution in [0, 0.1) is 5.92 Å². The molecule has 1 heteroatoms. The van der Waals surface area contributed by atoms with Gasteiger partial charge in [0, 0.05) is 5.92 Å². The maximum absolute atomic E-state index is 10.9. The smallest absolute Gasteiger partial charge is 0.162 e. The predicted octanol–water partition coefficient (Wildman–Crippen LogP) is 2.73. The van der Waals surface area contributed by atoms with Crippen molar-refractivity contribution in [1.29, 1.82) is 0 Å². The second kappa shape index (κ2) is 5.90. The van der Waals surface area contributed by atoms with Gasteiger partial charge >= 0.3 is 0 Å². The maximum Gasteiger partial charge on any atom is 0.162 e. The first kappa shape index (κ1) is 10.2. The molecule has 1 unspecified atom stereocenters. The summed E-state index contributed by atoms with van der Waals surface area (Å²) in [6.07, 6.45) is 8.21. The van der Waals surface area contributed by atoms with Crippen molar-refractivity contribution >= 4 is 5.78 Å². The normalized spacial score (nSPS) is 21.0. The highest BCUT2D eigenvalue weighted by Gasteiger charge is 2.10. The van der Waals surface area contributed by atoms with Gasteiger partial charge in [0.2, 0.25) is 0 Å². The van der Waals surface area contributed by atoms with E-state index in [2.05, 4.69) is 0 Å². The van der Waals surface area contributed by atoms with Crippen LogP contribution in [0.25, 0.3) is 0 Å². The fourth-order valence-electron chi connectivity index (χ4n) is 0.904. The Morgan fingerprint density at radius 3 is 2.36 bits per heavy atom. The van der Waals surface area contributed by atoms with E-state index in [1.54, 1.807) is 12.2 Å². The van der Waals surface area contributed by atoms with Crippen LogP contribution in [0.3, 0.4) is 0 Å². The summed E-state index contributed by atoms with van der Waals surface area (Å²) >= 11 is 0. The first-order valence-electron chi connectivity index (χ1n) is 4.23. The summed E-state index contributed by atoms with van der Waals surface area (Å²) in [5, 5.41) is 0. The zero-order valence-electron chi connectivity index (χ0n) is 7.50. The van der Waals surface area contributed by atoms with Crippen molar-refractivity contribution in [3.05, 3.63) is 24.3 Å². The highest BCUT2D eigenvalue weighted by molar-refractivity contribution is 5.94. The molecule has 0 aliphatic heterocycles. The van der Waals surface area contributed by atoms with Crippen molar-refractivity contribution in [2.24, 2.45) is 5.92 Å². The SMILES string of the molecule is CC.CCC1C=CC=CC1=O. The lowest BCUT2D eigenvalue weighted by Gasteiger charge is -2.06. The lowest BCUT2D eigenvalue weighted by molar-refractivity contribution is -0.117. The molecular formula is C10H16O. The van der Waals surface area contributed by atoms with Crippen molar-refractivity contribution in [3.8, 4) is 0 Å². The van der Waals surface area contributed by atoms with Crippen molar-refractivity contribution in [3.63, 3.8) is 0 Å². The van der Waals surface area contributed by atoms with Gasteiger partial charge in [-0.2, -0.15) is 0 Å². The highest BCUT2D eigenvalue weighted by Crippen LogP contribution is 2.10. The van der Waals surface area contributed by atoms with Crippen LogP contribution in [-0.4, -0.2) is 5.78 Å². The second-order valence-corrected chi connectivity index (χ2v) is 2.16. The van der Waals surface area contributed by atoms with E-state index in [1.165, 1.54) is 0 Å². The zero-order valence-corrected chi connectivity index (χ0v) is 7.50. The largest absolute Gasteiger partial charge is 0.294 e. The van der Waals surface area contributed by atoms with E-state index in [0.29, 0.717) is 0 Å². The Morgan fingerprint density at radius 2 is 2.00 bits per heavy atom. The summed E-state index contributed by atoms with van der Waals surface area (Å²) in [5.41, 5.74) is 0. The minimum atomic E-state index is 0.148. The van der Waals surface area contributed by atoms with Crippen molar-refractivity contribution in [2.45, 2.75) is 27.2 Å². The fourth-order valence-corrected chi connectivity index (χ4v) is 0.904. The van der Waals surface area contributed by atoms with E-state index >= 15 is 0 Å². The van der Waals surface area contributed by atoms with Gasteiger partial charge in [-0.25, -0.2) is 0 Å². The number of hydrogen-bond acceptors (Lipinski definition) is 1. The summed E-state index contributed by atoms with van der Waals surface area (Å²) in [4.78, 5) is 10.9. The summed E-state index contributed by atoms with van der Waals surface area (Å²) in [5.74, 6) is 0.384. The van der Waals surface area contributed by atoms with Crippen molar-refractivity contribution in [1.82, 2.24) is 0 Å². The first-order valence-corrected chi connectivity index (χ1v) is 4.23. The van der Waals surface area contributed by atoms with Crippen LogP contribution in [-0.2, 0) is 4.79 Å². The van der Waals surface area contributed by atoms with E-state index in [-0.39, 0.29) is 11.7 Å². The Hall–Kier alpha value is -0.850. The van der Waals surface area contributed by atoms with E-state index in [9.17, 15) is 4.79 Å². The Morgan fingerprint density at radius 1 is 1.36 bits per heavy atom. The molecule has 0 saturated heterocycles. The third kappa shape index (κ3) is 3.17. The van der Waals surface area contributed by atoms with Gasteiger partial charge in [0.25, 0.3) is 0 Å². The van der Waals surface area contributed by atoms with Crippen LogP contribution >= 0.6 is 0 Å². The van der Waals surface area contributed by atoms with E-state index < -0.39 is 0 Å². The van der Waals surface area contributed by atoms with Gasteiger partial charge in [-0.15, -0.1) is 0 Å². The Kier molecular flexibility index (Phi) is 5.44. The van der Waals surface area contributed by atoms with Crippen molar-refractivity contribution in [2.75, 3.05) is 0 Å². The Bertz CT molecular complexity index is 166. The number of hydrogen-bond donors (Lipinski definition) is 0. The second-order valence-electron chi connectivity index (χ2n) is 2.16. The molecule has 1 aliphatic carbocycles. The molecule has 0 radical (unpaired) electrons. The molecular weight excluding hydrogens is 136 g/mol. The molecule has 1 rings (SSSR count). The minimum absolute atomic E-state index is 0.148. The average molecular weight is 152 g/mol. The van der Waals surface area contributed by atoms with Crippen LogP contribution < -0.4 is 0 Å². The molecule has 1 atom stereocenters. The van der Waals surface area contributed by atoms with Crippen molar-refractivity contribution < 1.29 is 4.79 Å². The quantitative estimate of drug-likeness (QED) is 0.564. The third-order valence-electron chi connectivity index (χ3n) is 1.52. The molecule has 1 aliphatic rings. The fraction of sp³-hybridized carbons (Fsp3) is 0.500. The lowest BCUT2D eigenvalue weighted by Crippen LogP contribution is -2.09. The van der Waals surface area contributed by atoms with Crippen LogP contribution in [0.1, 0.15) is 27.2 Å². The van der Waals surface area contributed by atoms with E-state index in [0.717, 1.165) is 6.42 Å². The molecule has 0 saturated carbocycles. The molecule has 0 amide bonds. The molecule has 0 heterocycles. The minimum Gasteiger partial charge on any atom is -0.294 e. The van der Waals surface area contributed by atoms with E-state index in [1.807, 2.05) is 32.9 Å². The topological polar surface area (TPSA) is 17.1 Å². The van der Waals surface area contributed by atoms with Gasteiger partial charge in [-0.1, -0.05) is 39.0 Å². The van der Waals surface area contributed by atoms with E-state index in [4.69, 9.17) is 0 Å². The molecule has 62 valence electrons. The summed E-state index contributed by atoms with van der Waals surface area (Å²) < 4.78 is 0. The average Bonchev–Trinajstić information content (AvgIpc) is 2.09. The Balaban J connectivity index is 0.000000461. The molecule has 0 bridgehead atoms. The van der Waals surface area contributed by atoms with Gasteiger partial charge < -0.3 is 0 Å². The molecule has 0 N–H and O–H groups in total. The molecule has 0 aromatic rings. The molecule has 1 nitrogen and oxygen atoms in total. The zero-order chi connectivity index (χ0) is 8.69. The molecule has 0 fully saturated rings. The highest BCUT2D eigenvalue weighted by atomic mass is 16.1.